The Morgan fingerprint density at radius 1 is 1.00 bits per heavy atom. The molecule has 0 saturated carbocycles. The van der Waals surface area contributed by atoms with Gasteiger partial charge in [0.15, 0.2) is 11.5 Å². The van der Waals surface area contributed by atoms with Crippen molar-refractivity contribution in [3.8, 4) is 11.5 Å². The lowest BCUT2D eigenvalue weighted by molar-refractivity contribution is -0.132. The maximum atomic E-state index is 13.6. The molecule has 0 spiro atoms. The van der Waals surface area contributed by atoms with Crippen molar-refractivity contribution in [2.24, 2.45) is 0 Å². The number of aryl methyl sites for hydroxylation is 2. The van der Waals surface area contributed by atoms with E-state index < -0.39 is 17.7 Å². The normalized spacial score (nSPS) is 18.5. The topological polar surface area (TPSA) is 91.9 Å². The van der Waals surface area contributed by atoms with E-state index in [1.165, 1.54) is 4.90 Å². The number of carbonyl (C=O) groups excluding carboxylic acids is 2. The molecule has 7 nitrogen and oxygen atoms in total. The minimum Gasteiger partial charge on any atom is -0.507 e. The number of anilines is 1. The van der Waals surface area contributed by atoms with Crippen LogP contribution in [-0.2, 0) is 16.0 Å². The van der Waals surface area contributed by atoms with Gasteiger partial charge in [0.05, 0.1) is 11.6 Å². The molecule has 0 aliphatic carbocycles. The number of para-hydroxylation sites is 1. The van der Waals surface area contributed by atoms with Crippen LogP contribution in [0.15, 0.2) is 72.3 Å². The number of aromatic nitrogens is 1. The number of hydrogen-bond acceptors (Lipinski definition) is 5. The number of benzene rings is 3. The number of aromatic amines is 1. The Balaban J connectivity index is 1.59. The van der Waals surface area contributed by atoms with E-state index in [9.17, 15) is 14.7 Å². The Morgan fingerprint density at radius 2 is 1.73 bits per heavy atom. The highest BCUT2D eigenvalue weighted by molar-refractivity contribution is 6.52. The molecule has 4 aromatic rings. The van der Waals surface area contributed by atoms with Gasteiger partial charge in [-0.05, 0) is 55.3 Å². The highest BCUT2D eigenvalue weighted by atomic mass is 16.6. The molecule has 1 atom stereocenters. The lowest BCUT2D eigenvalue weighted by atomic mass is 9.93. The number of hydrogen-bond donors (Lipinski definition) is 2. The number of nitrogens with one attached hydrogen (secondary N) is 1. The summed E-state index contributed by atoms with van der Waals surface area (Å²) >= 11 is 0. The van der Waals surface area contributed by atoms with Gasteiger partial charge in [0.2, 0.25) is 0 Å². The molecule has 1 saturated heterocycles. The van der Waals surface area contributed by atoms with Gasteiger partial charge in [-0.25, -0.2) is 0 Å². The van der Waals surface area contributed by atoms with Gasteiger partial charge in [-0.3, -0.25) is 14.5 Å². The molecule has 1 fully saturated rings. The van der Waals surface area contributed by atoms with E-state index >= 15 is 0 Å². The number of fused-ring (bicyclic) bond motifs is 2. The first-order valence-corrected chi connectivity index (χ1v) is 12.3. The third kappa shape index (κ3) is 3.66. The zero-order chi connectivity index (χ0) is 25.7. The highest BCUT2D eigenvalue weighted by Crippen LogP contribution is 2.46. The van der Waals surface area contributed by atoms with Crippen LogP contribution in [0.25, 0.3) is 16.7 Å². The van der Waals surface area contributed by atoms with Gasteiger partial charge in [0, 0.05) is 33.4 Å². The molecule has 0 bridgehead atoms. The lowest BCUT2D eigenvalue weighted by Gasteiger charge is -2.26. The second kappa shape index (κ2) is 8.85. The van der Waals surface area contributed by atoms with Gasteiger partial charge in [-0.2, -0.15) is 0 Å². The number of rotatable bonds is 4. The van der Waals surface area contributed by atoms with Crippen molar-refractivity contribution in [3.63, 3.8) is 0 Å². The summed E-state index contributed by atoms with van der Waals surface area (Å²) in [5.74, 6) is -0.611. The largest absolute Gasteiger partial charge is 0.507 e. The molecule has 1 unspecified atom stereocenters. The summed E-state index contributed by atoms with van der Waals surface area (Å²) in [4.78, 5) is 32.0. The van der Waals surface area contributed by atoms with Crippen molar-refractivity contribution in [2.75, 3.05) is 18.1 Å². The number of aliphatic hydroxyl groups is 1. The SMILES string of the molecule is CCc1ccc(N2C(=O)C(=O)/C(=C(/O)c3ccc4c(c3)OCCO4)C2c2c(C)[nH]c3ccccc23)cc1. The van der Waals surface area contributed by atoms with E-state index in [0.717, 1.165) is 34.1 Å². The molecule has 3 heterocycles. The first-order chi connectivity index (χ1) is 18.0. The third-order valence-electron chi connectivity index (χ3n) is 7.10. The average Bonchev–Trinajstić information content (AvgIpc) is 3.39. The van der Waals surface area contributed by atoms with Crippen molar-refractivity contribution >= 4 is 34.0 Å². The third-order valence-corrected chi connectivity index (χ3v) is 7.10. The van der Waals surface area contributed by atoms with E-state index in [1.54, 1.807) is 18.2 Å². The predicted octanol–water partition coefficient (Wildman–Crippen LogP) is 5.44. The van der Waals surface area contributed by atoms with Crippen LogP contribution in [0.1, 0.15) is 35.3 Å². The Labute approximate surface area is 213 Å². The van der Waals surface area contributed by atoms with Crippen LogP contribution in [0.3, 0.4) is 0 Å². The van der Waals surface area contributed by atoms with E-state index in [2.05, 4.69) is 11.9 Å². The minimum atomic E-state index is -0.822. The van der Waals surface area contributed by atoms with Crippen molar-refractivity contribution in [2.45, 2.75) is 26.3 Å². The van der Waals surface area contributed by atoms with Crippen molar-refractivity contribution in [3.05, 3.63) is 94.7 Å². The van der Waals surface area contributed by atoms with Gasteiger partial charge >= 0.3 is 0 Å². The summed E-state index contributed by atoms with van der Waals surface area (Å²) in [6, 6.07) is 19.6. The number of nitrogens with zero attached hydrogens (tertiary/aromatic N) is 1. The van der Waals surface area contributed by atoms with Crippen molar-refractivity contribution in [1.29, 1.82) is 0 Å². The number of amides is 1. The fraction of sp³-hybridized carbons (Fsp3) is 0.200. The molecule has 7 heteroatoms. The van der Waals surface area contributed by atoms with Crippen LogP contribution < -0.4 is 14.4 Å². The van der Waals surface area contributed by atoms with E-state index in [4.69, 9.17) is 9.47 Å². The summed E-state index contributed by atoms with van der Waals surface area (Å²) in [6.07, 6.45) is 0.855. The van der Waals surface area contributed by atoms with Gasteiger partial charge < -0.3 is 19.6 Å². The number of Topliss-reactive ketones (excluding diaryl/α,β-unsaturated/α-hetero) is 1. The zero-order valence-corrected chi connectivity index (χ0v) is 20.6. The number of H-pyrrole nitrogens is 1. The fourth-order valence-electron chi connectivity index (χ4n) is 5.26. The standard InChI is InChI=1S/C30H26N2O5/c1-3-18-8-11-20(12-9-18)32-27(25-17(2)31-22-7-5-4-6-21(22)25)26(29(34)30(32)35)28(33)19-10-13-23-24(16-19)37-15-14-36-23/h4-13,16,27,31,33H,3,14-15H2,1-2H3/b28-26+. The molecule has 1 aromatic heterocycles. The van der Waals surface area contributed by atoms with Crippen LogP contribution in [0.2, 0.25) is 0 Å². The molecule has 1 amide bonds. The van der Waals surface area contributed by atoms with Crippen LogP contribution in [0.4, 0.5) is 5.69 Å². The van der Waals surface area contributed by atoms with Crippen molar-refractivity contribution < 1.29 is 24.2 Å². The van der Waals surface area contributed by atoms with E-state index in [0.29, 0.717) is 36.0 Å². The van der Waals surface area contributed by atoms with Crippen molar-refractivity contribution in [1.82, 2.24) is 4.98 Å². The molecular formula is C30H26N2O5. The van der Waals surface area contributed by atoms with Crippen LogP contribution in [-0.4, -0.2) is 35.0 Å². The molecule has 37 heavy (non-hydrogen) atoms. The summed E-state index contributed by atoms with van der Waals surface area (Å²) in [6.45, 7) is 4.81. The smallest absolute Gasteiger partial charge is 0.300 e. The second-order valence-corrected chi connectivity index (χ2v) is 9.26. The molecule has 2 aliphatic rings. The van der Waals surface area contributed by atoms with Crippen LogP contribution >= 0.6 is 0 Å². The van der Waals surface area contributed by atoms with Gasteiger partial charge in [-0.1, -0.05) is 37.3 Å². The Bertz CT molecular complexity index is 1580. The van der Waals surface area contributed by atoms with Gasteiger partial charge in [0.1, 0.15) is 19.0 Å². The Hall–Kier alpha value is -4.52. The van der Waals surface area contributed by atoms with E-state index in [1.807, 2.05) is 55.5 Å². The molecule has 2 aliphatic heterocycles. The van der Waals surface area contributed by atoms with Crippen LogP contribution in [0.5, 0.6) is 11.5 Å². The summed E-state index contributed by atoms with van der Waals surface area (Å²) < 4.78 is 11.3. The zero-order valence-electron chi connectivity index (χ0n) is 20.6. The molecule has 186 valence electrons. The molecule has 3 aromatic carbocycles. The second-order valence-electron chi connectivity index (χ2n) is 9.26. The van der Waals surface area contributed by atoms with Gasteiger partial charge in [0.25, 0.3) is 11.7 Å². The number of aliphatic hydroxyl groups excluding tert-OH is 1. The molecule has 2 N–H and O–H groups in total. The minimum absolute atomic E-state index is 0.0362. The number of ether oxygens (including phenoxy) is 2. The van der Waals surface area contributed by atoms with Crippen LogP contribution in [0, 0.1) is 6.92 Å². The molecule has 0 radical (unpaired) electrons. The first kappa shape index (κ1) is 22.9. The average molecular weight is 495 g/mol. The molecule has 6 rings (SSSR count). The monoisotopic (exact) mass is 494 g/mol. The number of ketones is 1. The number of carbonyl (C=O) groups is 2. The quantitative estimate of drug-likeness (QED) is 0.224. The molecular weight excluding hydrogens is 468 g/mol. The maximum absolute atomic E-state index is 13.6. The first-order valence-electron chi connectivity index (χ1n) is 12.3. The lowest BCUT2D eigenvalue weighted by Crippen LogP contribution is -2.29. The Morgan fingerprint density at radius 3 is 2.49 bits per heavy atom. The fourth-order valence-corrected chi connectivity index (χ4v) is 5.26. The summed E-state index contributed by atoms with van der Waals surface area (Å²) in [5.41, 5.74) is 4.61. The highest BCUT2D eigenvalue weighted by Gasteiger charge is 2.48. The maximum Gasteiger partial charge on any atom is 0.300 e. The van der Waals surface area contributed by atoms with Gasteiger partial charge in [-0.15, -0.1) is 0 Å². The van der Waals surface area contributed by atoms with E-state index in [-0.39, 0.29) is 11.3 Å². The summed E-state index contributed by atoms with van der Waals surface area (Å²) in [5, 5.41) is 12.4. The predicted molar refractivity (Wildman–Crippen MR) is 141 cm³/mol. The Kier molecular flexibility index (Phi) is 5.48. The summed E-state index contributed by atoms with van der Waals surface area (Å²) in [7, 11) is 0.